The monoisotopic (exact) mass is 269 g/mol. The molecule has 0 fully saturated rings. The largest absolute Gasteiger partial charge is 0.495 e. The first-order valence-corrected chi connectivity index (χ1v) is 5.49. The summed E-state index contributed by atoms with van der Waals surface area (Å²) in [7, 11) is 1.50. The van der Waals surface area contributed by atoms with E-state index >= 15 is 0 Å². The average molecular weight is 270 g/mol. The van der Waals surface area contributed by atoms with Gasteiger partial charge in [-0.2, -0.15) is 0 Å². The number of methoxy groups -OCH3 is 1. The molecule has 18 heavy (non-hydrogen) atoms. The maximum absolute atomic E-state index is 13.2. The first-order valence-electron chi connectivity index (χ1n) is 5.11. The lowest BCUT2D eigenvalue weighted by molar-refractivity contribution is 0.417. The summed E-state index contributed by atoms with van der Waals surface area (Å²) in [6, 6.07) is 6.89. The topological polar surface area (TPSA) is 35.2 Å². The van der Waals surface area contributed by atoms with Crippen LogP contribution in [0.5, 0.6) is 5.75 Å². The van der Waals surface area contributed by atoms with Crippen LogP contribution in [0.2, 0.25) is 5.02 Å². The number of hydrogen-bond acceptors (Lipinski definition) is 2. The van der Waals surface area contributed by atoms with Gasteiger partial charge in [0.05, 0.1) is 17.8 Å². The van der Waals surface area contributed by atoms with Crippen molar-refractivity contribution in [3.8, 4) is 16.9 Å². The predicted molar refractivity (Wildman–Crippen MR) is 67.8 cm³/mol. The highest BCUT2D eigenvalue weighted by Gasteiger charge is 2.11. The van der Waals surface area contributed by atoms with E-state index in [1.54, 1.807) is 18.2 Å². The van der Waals surface area contributed by atoms with Gasteiger partial charge in [-0.05, 0) is 29.8 Å². The molecule has 0 radical (unpaired) electrons. The van der Waals surface area contributed by atoms with Crippen molar-refractivity contribution in [3.05, 3.63) is 47.0 Å². The summed E-state index contributed by atoms with van der Waals surface area (Å²) in [4.78, 5) is 0. The number of hydrogen-bond donors (Lipinski definition) is 1. The molecule has 2 rings (SSSR count). The standard InChI is InChI=1S/C13H10ClF2NO/c1-18-13-3-2-7(4-12(13)17)8-5-10(15)11(16)6-9(8)14/h2-6H,17H2,1H3. The van der Waals surface area contributed by atoms with E-state index in [9.17, 15) is 8.78 Å². The first-order chi connectivity index (χ1) is 8.52. The second kappa shape index (κ2) is 4.82. The molecule has 0 aliphatic heterocycles. The Kier molecular flexibility index (Phi) is 3.39. The molecule has 0 saturated heterocycles. The molecule has 2 aromatic rings. The Morgan fingerprint density at radius 2 is 1.78 bits per heavy atom. The minimum atomic E-state index is -0.981. The van der Waals surface area contributed by atoms with Crippen molar-refractivity contribution in [3.63, 3.8) is 0 Å². The highest BCUT2D eigenvalue weighted by molar-refractivity contribution is 6.33. The van der Waals surface area contributed by atoms with E-state index in [1.165, 1.54) is 7.11 Å². The molecule has 2 nitrogen and oxygen atoms in total. The van der Waals surface area contributed by atoms with Crippen LogP contribution in [-0.4, -0.2) is 7.11 Å². The molecule has 0 spiro atoms. The molecule has 0 bridgehead atoms. The molecule has 94 valence electrons. The fraction of sp³-hybridized carbons (Fsp3) is 0.0769. The lowest BCUT2D eigenvalue weighted by atomic mass is 10.0. The summed E-state index contributed by atoms with van der Waals surface area (Å²) in [5.74, 6) is -1.42. The zero-order valence-electron chi connectivity index (χ0n) is 9.51. The summed E-state index contributed by atoms with van der Waals surface area (Å²) in [5.41, 5.74) is 7.12. The van der Waals surface area contributed by atoms with Crippen molar-refractivity contribution in [2.45, 2.75) is 0 Å². The van der Waals surface area contributed by atoms with Crippen molar-refractivity contribution >= 4 is 17.3 Å². The lowest BCUT2D eigenvalue weighted by Crippen LogP contribution is -1.93. The molecule has 0 saturated carbocycles. The van der Waals surface area contributed by atoms with Gasteiger partial charge in [-0.15, -0.1) is 0 Å². The number of ether oxygens (including phenoxy) is 1. The van der Waals surface area contributed by atoms with Crippen LogP contribution >= 0.6 is 11.6 Å². The van der Waals surface area contributed by atoms with Crippen LogP contribution in [0.3, 0.4) is 0 Å². The van der Waals surface area contributed by atoms with Gasteiger partial charge in [-0.25, -0.2) is 8.78 Å². The summed E-state index contributed by atoms with van der Waals surface area (Å²) >= 11 is 5.88. The Morgan fingerprint density at radius 3 is 2.39 bits per heavy atom. The third-order valence-corrected chi connectivity index (χ3v) is 2.86. The summed E-state index contributed by atoms with van der Waals surface area (Å²) in [6.45, 7) is 0. The Labute approximate surface area is 108 Å². The smallest absolute Gasteiger partial charge is 0.160 e. The molecule has 0 aromatic heterocycles. The van der Waals surface area contributed by atoms with E-state index in [4.69, 9.17) is 22.1 Å². The van der Waals surface area contributed by atoms with Gasteiger partial charge < -0.3 is 10.5 Å². The second-order valence-corrected chi connectivity index (χ2v) is 4.11. The fourth-order valence-corrected chi connectivity index (χ4v) is 1.91. The van der Waals surface area contributed by atoms with Gasteiger partial charge in [0.15, 0.2) is 11.6 Å². The van der Waals surface area contributed by atoms with Crippen molar-refractivity contribution in [2.24, 2.45) is 0 Å². The normalized spacial score (nSPS) is 10.4. The molecule has 5 heteroatoms. The lowest BCUT2D eigenvalue weighted by Gasteiger charge is -2.09. The van der Waals surface area contributed by atoms with E-state index in [0.29, 0.717) is 22.6 Å². The van der Waals surface area contributed by atoms with E-state index in [1.807, 2.05) is 0 Å². The molecule has 2 aromatic carbocycles. The van der Waals surface area contributed by atoms with Crippen LogP contribution in [-0.2, 0) is 0 Å². The highest BCUT2D eigenvalue weighted by Crippen LogP contribution is 2.33. The number of anilines is 1. The highest BCUT2D eigenvalue weighted by atomic mass is 35.5. The zero-order valence-corrected chi connectivity index (χ0v) is 10.3. The van der Waals surface area contributed by atoms with Gasteiger partial charge in [-0.1, -0.05) is 17.7 Å². The fourth-order valence-electron chi connectivity index (χ4n) is 1.65. The molecule has 0 unspecified atom stereocenters. The molecular weight excluding hydrogens is 260 g/mol. The second-order valence-electron chi connectivity index (χ2n) is 3.70. The van der Waals surface area contributed by atoms with Crippen molar-refractivity contribution < 1.29 is 13.5 Å². The van der Waals surface area contributed by atoms with Gasteiger partial charge in [0.25, 0.3) is 0 Å². The van der Waals surface area contributed by atoms with Gasteiger partial charge in [0.1, 0.15) is 5.75 Å². The average Bonchev–Trinajstić information content (AvgIpc) is 2.33. The minimum absolute atomic E-state index is 0.124. The van der Waals surface area contributed by atoms with E-state index in [-0.39, 0.29) is 5.02 Å². The van der Waals surface area contributed by atoms with Crippen LogP contribution in [0, 0.1) is 11.6 Å². The van der Waals surface area contributed by atoms with Crippen LogP contribution in [0.15, 0.2) is 30.3 Å². The molecule has 0 atom stereocenters. The minimum Gasteiger partial charge on any atom is -0.495 e. The third kappa shape index (κ3) is 2.24. The number of benzene rings is 2. The van der Waals surface area contributed by atoms with E-state index in [0.717, 1.165) is 12.1 Å². The molecule has 0 amide bonds. The quantitative estimate of drug-likeness (QED) is 0.663. The Morgan fingerprint density at radius 1 is 1.11 bits per heavy atom. The van der Waals surface area contributed by atoms with Gasteiger partial charge in [-0.3, -0.25) is 0 Å². The molecule has 0 aliphatic carbocycles. The molecule has 2 N–H and O–H groups in total. The SMILES string of the molecule is COc1ccc(-c2cc(F)c(F)cc2Cl)cc1N. The third-order valence-electron chi connectivity index (χ3n) is 2.55. The Bertz CT molecular complexity index is 602. The van der Waals surface area contributed by atoms with Crippen molar-refractivity contribution in [1.29, 1.82) is 0 Å². The van der Waals surface area contributed by atoms with Crippen molar-refractivity contribution in [2.75, 3.05) is 12.8 Å². The van der Waals surface area contributed by atoms with E-state index in [2.05, 4.69) is 0 Å². The number of nitrogen functional groups attached to an aromatic ring is 1. The van der Waals surface area contributed by atoms with Gasteiger partial charge in [0, 0.05) is 5.56 Å². The molecule has 0 heterocycles. The zero-order chi connectivity index (χ0) is 13.3. The first kappa shape index (κ1) is 12.6. The summed E-state index contributed by atoms with van der Waals surface area (Å²) in [6.07, 6.45) is 0. The van der Waals surface area contributed by atoms with Crippen LogP contribution in [0.4, 0.5) is 14.5 Å². The summed E-state index contributed by atoms with van der Waals surface area (Å²) < 4.78 is 31.2. The maximum Gasteiger partial charge on any atom is 0.160 e. The summed E-state index contributed by atoms with van der Waals surface area (Å²) in [5, 5.41) is 0.124. The van der Waals surface area contributed by atoms with Gasteiger partial charge in [0.2, 0.25) is 0 Å². The number of nitrogens with two attached hydrogens (primary N) is 1. The maximum atomic E-state index is 13.2. The van der Waals surface area contributed by atoms with Crippen molar-refractivity contribution in [1.82, 2.24) is 0 Å². The van der Waals surface area contributed by atoms with E-state index < -0.39 is 11.6 Å². The Hall–Kier alpha value is -1.81. The van der Waals surface area contributed by atoms with Gasteiger partial charge >= 0.3 is 0 Å². The molecule has 0 aliphatic rings. The van der Waals surface area contributed by atoms with Crippen LogP contribution < -0.4 is 10.5 Å². The molecular formula is C13H10ClF2NO. The Balaban J connectivity index is 2.55. The number of halogens is 3. The number of rotatable bonds is 2. The van der Waals surface area contributed by atoms with Crippen LogP contribution in [0.1, 0.15) is 0 Å². The van der Waals surface area contributed by atoms with Crippen LogP contribution in [0.25, 0.3) is 11.1 Å². The predicted octanol–water partition coefficient (Wildman–Crippen LogP) is 3.88.